The number of ether oxygens (including phenoxy) is 1. The number of alkyl carbamates (subject to hydrolysis) is 1. The van der Waals surface area contributed by atoms with Gasteiger partial charge in [0, 0.05) is 7.05 Å². The Morgan fingerprint density at radius 1 is 0.933 bits per heavy atom. The summed E-state index contributed by atoms with van der Waals surface area (Å²) in [7, 11) is 1.48. The van der Waals surface area contributed by atoms with Gasteiger partial charge < -0.3 is 31.1 Å². The third kappa shape index (κ3) is 11.0. The van der Waals surface area contributed by atoms with Crippen LogP contribution in [-0.4, -0.2) is 66.3 Å². The van der Waals surface area contributed by atoms with E-state index in [2.05, 4.69) is 21.3 Å². The van der Waals surface area contributed by atoms with E-state index in [0.717, 1.165) is 0 Å². The Labute approximate surface area is 178 Å². The fraction of sp³-hybridized carbons (Fsp3) is 0.800. The minimum absolute atomic E-state index is 0.0654. The minimum atomic E-state index is -1.57. The third-order valence-corrected chi connectivity index (χ3v) is 3.97. The molecule has 0 bridgehead atoms. The van der Waals surface area contributed by atoms with Crippen molar-refractivity contribution in [3.63, 3.8) is 0 Å². The van der Waals surface area contributed by atoms with Gasteiger partial charge in [0.1, 0.15) is 23.8 Å². The zero-order valence-corrected chi connectivity index (χ0v) is 19.3. The van der Waals surface area contributed by atoms with Gasteiger partial charge in [0.05, 0.1) is 6.54 Å². The van der Waals surface area contributed by atoms with Crippen LogP contribution in [0.2, 0.25) is 0 Å². The molecule has 0 aromatic rings. The minimum Gasteiger partial charge on any atom is -0.444 e. The van der Waals surface area contributed by atoms with E-state index < -0.39 is 41.7 Å². The standard InChI is InChI=1S/C20H38N4O6/c1-11(2)9-13(16(26)24-15(12(3)4)18(28)21-8)23-17(27)14(25)10-22-19(29)30-20(5,6)7/h11-15,25H,9-10H2,1-8H3,(H,21,28)(H,22,29)(H,23,27)(H,24,26)/t13-,14?,15-/m0/s1. The largest absolute Gasteiger partial charge is 0.444 e. The summed E-state index contributed by atoms with van der Waals surface area (Å²) in [4.78, 5) is 48.7. The van der Waals surface area contributed by atoms with Crippen molar-refractivity contribution in [1.29, 1.82) is 0 Å². The summed E-state index contributed by atoms with van der Waals surface area (Å²) in [5.41, 5.74) is -0.713. The molecule has 0 aromatic carbocycles. The Kier molecular flexibility index (Phi) is 11.4. The highest BCUT2D eigenvalue weighted by atomic mass is 16.6. The molecule has 1 unspecified atom stereocenters. The zero-order valence-electron chi connectivity index (χ0n) is 19.3. The maximum Gasteiger partial charge on any atom is 0.407 e. The molecule has 0 rings (SSSR count). The quantitative estimate of drug-likeness (QED) is 0.337. The molecular weight excluding hydrogens is 392 g/mol. The second-order valence-corrected chi connectivity index (χ2v) is 8.93. The Hall–Kier alpha value is -2.36. The average Bonchev–Trinajstić information content (AvgIpc) is 2.60. The van der Waals surface area contributed by atoms with Crippen molar-refractivity contribution in [2.75, 3.05) is 13.6 Å². The number of amides is 4. The van der Waals surface area contributed by atoms with Crippen molar-refractivity contribution >= 4 is 23.8 Å². The molecule has 0 aliphatic heterocycles. The lowest BCUT2D eigenvalue weighted by Gasteiger charge is -2.26. The van der Waals surface area contributed by atoms with Crippen LogP contribution in [0, 0.1) is 11.8 Å². The van der Waals surface area contributed by atoms with Gasteiger partial charge in [-0.15, -0.1) is 0 Å². The van der Waals surface area contributed by atoms with Crippen molar-refractivity contribution < 1.29 is 29.0 Å². The highest BCUT2D eigenvalue weighted by Gasteiger charge is 2.30. The summed E-state index contributed by atoms with van der Waals surface area (Å²) in [6.07, 6.45) is -2.03. The van der Waals surface area contributed by atoms with Gasteiger partial charge in [0.2, 0.25) is 11.8 Å². The van der Waals surface area contributed by atoms with E-state index in [-0.39, 0.29) is 24.3 Å². The van der Waals surface area contributed by atoms with Crippen molar-refractivity contribution in [3.8, 4) is 0 Å². The monoisotopic (exact) mass is 430 g/mol. The number of aliphatic hydroxyl groups excluding tert-OH is 1. The van der Waals surface area contributed by atoms with E-state index in [4.69, 9.17) is 4.74 Å². The van der Waals surface area contributed by atoms with E-state index in [1.807, 2.05) is 13.8 Å². The highest BCUT2D eigenvalue weighted by Crippen LogP contribution is 2.09. The van der Waals surface area contributed by atoms with Crippen molar-refractivity contribution in [1.82, 2.24) is 21.3 Å². The van der Waals surface area contributed by atoms with Crippen LogP contribution in [0.25, 0.3) is 0 Å². The topological polar surface area (TPSA) is 146 Å². The van der Waals surface area contributed by atoms with Crippen LogP contribution >= 0.6 is 0 Å². The summed E-state index contributed by atoms with van der Waals surface area (Å²) >= 11 is 0. The summed E-state index contributed by atoms with van der Waals surface area (Å²) in [5.74, 6) is -1.77. The maximum atomic E-state index is 12.7. The maximum absolute atomic E-state index is 12.7. The zero-order chi connectivity index (χ0) is 23.6. The van der Waals surface area contributed by atoms with Gasteiger partial charge >= 0.3 is 6.09 Å². The molecule has 0 aliphatic carbocycles. The predicted molar refractivity (Wildman–Crippen MR) is 112 cm³/mol. The molecule has 0 heterocycles. The molecule has 0 saturated heterocycles. The summed E-state index contributed by atoms with van der Waals surface area (Å²) in [5, 5.41) is 20.0. The Morgan fingerprint density at radius 2 is 1.50 bits per heavy atom. The molecule has 0 saturated carbocycles. The highest BCUT2D eigenvalue weighted by molar-refractivity contribution is 5.93. The van der Waals surface area contributed by atoms with Crippen LogP contribution in [0.15, 0.2) is 0 Å². The molecule has 4 amide bonds. The van der Waals surface area contributed by atoms with Crippen LogP contribution in [-0.2, 0) is 19.1 Å². The summed E-state index contributed by atoms with van der Waals surface area (Å²) in [6, 6.07) is -1.70. The first-order valence-corrected chi connectivity index (χ1v) is 10.1. The molecule has 174 valence electrons. The number of likely N-dealkylation sites (N-methyl/N-ethyl adjacent to an activating group) is 1. The first kappa shape index (κ1) is 27.6. The van der Waals surface area contributed by atoms with Crippen molar-refractivity contribution in [2.24, 2.45) is 11.8 Å². The van der Waals surface area contributed by atoms with E-state index >= 15 is 0 Å². The average molecular weight is 431 g/mol. The summed E-state index contributed by atoms with van der Waals surface area (Å²) < 4.78 is 5.04. The first-order chi connectivity index (χ1) is 13.7. The molecule has 0 radical (unpaired) electrons. The van der Waals surface area contributed by atoms with Gasteiger partial charge in [0.15, 0.2) is 0 Å². The molecule has 0 aliphatic rings. The number of hydrogen-bond acceptors (Lipinski definition) is 6. The fourth-order valence-corrected chi connectivity index (χ4v) is 2.50. The van der Waals surface area contributed by atoms with Crippen molar-refractivity contribution in [2.45, 2.75) is 78.7 Å². The SMILES string of the molecule is CNC(=O)[C@@H](NC(=O)[C@H](CC(C)C)NC(=O)C(O)CNC(=O)OC(C)(C)C)C(C)C. The second kappa shape index (κ2) is 12.4. The van der Waals surface area contributed by atoms with E-state index in [0.29, 0.717) is 6.42 Å². The van der Waals surface area contributed by atoms with E-state index in [9.17, 15) is 24.3 Å². The smallest absolute Gasteiger partial charge is 0.407 e. The molecule has 10 nitrogen and oxygen atoms in total. The lowest BCUT2D eigenvalue weighted by molar-refractivity contribution is -0.135. The molecule has 30 heavy (non-hydrogen) atoms. The van der Waals surface area contributed by atoms with Crippen LogP contribution in [0.5, 0.6) is 0 Å². The fourth-order valence-electron chi connectivity index (χ4n) is 2.50. The molecular formula is C20H38N4O6. The summed E-state index contributed by atoms with van der Waals surface area (Å²) in [6.45, 7) is 12.0. The van der Waals surface area contributed by atoms with Crippen LogP contribution < -0.4 is 21.3 Å². The van der Waals surface area contributed by atoms with Crippen LogP contribution in [0.3, 0.4) is 0 Å². The normalized spacial score (nSPS) is 14.5. The molecule has 0 aromatic heterocycles. The van der Waals surface area contributed by atoms with E-state index in [1.165, 1.54) is 7.05 Å². The Balaban J connectivity index is 5.02. The van der Waals surface area contributed by atoms with E-state index in [1.54, 1.807) is 34.6 Å². The number of aliphatic hydroxyl groups is 1. The molecule has 0 fully saturated rings. The number of rotatable bonds is 10. The lowest BCUT2D eigenvalue weighted by atomic mass is 10.00. The molecule has 10 heteroatoms. The third-order valence-electron chi connectivity index (χ3n) is 3.97. The Morgan fingerprint density at radius 3 is 1.93 bits per heavy atom. The van der Waals surface area contributed by atoms with Crippen molar-refractivity contribution in [3.05, 3.63) is 0 Å². The predicted octanol–water partition coefficient (Wildman–Crippen LogP) is 0.290. The number of carbonyl (C=O) groups excluding carboxylic acids is 4. The molecule has 0 spiro atoms. The van der Waals surface area contributed by atoms with Gasteiger partial charge in [-0.1, -0.05) is 27.7 Å². The molecule has 3 atom stereocenters. The van der Waals surface area contributed by atoms with Gasteiger partial charge in [0.25, 0.3) is 5.91 Å². The number of nitrogens with one attached hydrogen (secondary N) is 4. The first-order valence-electron chi connectivity index (χ1n) is 10.1. The lowest BCUT2D eigenvalue weighted by Crippen LogP contribution is -2.57. The Bertz CT molecular complexity index is 601. The van der Waals surface area contributed by atoms with Gasteiger partial charge in [-0.05, 0) is 39.0 Å². The van der Waals surface area contributed by atoms with Gasteiger partial charge in [-0.2, -0.15) is 0 Å². The number of carbonyl (C=O) groups is 4. The molecule has 5 N–H and O–H groups in total. The van der Waals surface area contributed by atoms with Crippen LogP contribution in [0.4, 0.5) is 4.79 Å². The van der Waals surface area contributed by atoms with Gasteiger partial charge in [-0.25, -0.2) is 4.79 Å². The second-order valence-electron chi connectivity index (χ2n) is 8.93. The van der Waals surface area contributed by atoms with Gasteiger partial charge in [-0.3, -0.25) is 14.4 Å². The number of hydrogen-bond donors (Lipinski definition) is 5. The van der Waals surface area contributed by atoms with Crippen LogP contribution in [0.1, 0.15) is 54.9 Å².